The quantitative estimate of drug-likeness (QED) is 0.738. The standard InChI is InChI=1S/C14H18O3/c1-9-5-6-11-7-8-14(3,17-10(2)15)12(11)13(9)16-4/h5-6H,7-8H2,1-4H3. The number of benzene rings is 1. The number of fused-ring (bicyclic) bond motifs is 1. The number of ether oxygens (including phenoxy) is 2. The van der Waals surface area contributed by atoms with Gasteiger partial charge in [0, 0.05) is 12.5 Å². The first-order valence-electron chi connectivity index (χ1n) is 5.84. The van der Waals surface area contributed by atoms with Crippen LogP contribution in [0.25, 0.3) is 0 Å². The summed E-state index contributed by atoms with van der Waals surface area (Å²) in [5, 5.41) is 0. The number of hydrogen-bond acceptors (Lipinski definition) is 3. The lowest BCUT2D eigenvalue weighted by atomic mass is 9.95. The van der Waals surface area contributed by atoms with Gasteiger partial charge in [0.05, 0.1) is 7.11 Å². The van der Waals surface area contributed by atoms with Crippen molar-refractivity contribution in [2.45, 2.75) is 39.2 Å². The van der Waals surface area contributed by atoms with Crippen molar-refractivity contribution in [3.05, 3.63) is 28.8 Å². The molecular formula is C14H18O3. The summed E-state index contributed by atoms with van der Waals surface area (Å²) in [5.41, 5.74) is 2.79. The minimum atomic E-state index is -0.543. The summed E-state index contributed by atoms with van der Waals surface area (Å²) in [6.45, 7) is 5.42. The fourth-order valence-electron chi connectivity index (χ4n) is 2.70. The minimum absolute atomic E-state index is 0.246. The average Bonchev–Trinajstić information content (AvgIpc) is 2.56. The Morgan fingerprint density at radius 3 is 2.71 bits per heavy atom. The Bertz CT molecular complexity index is 465. The molecule has 1 unspecified atom stereocenters. The number of esters is 1. The Morgan fingerprint density at radius 1 is 1.41 bits per heavy atom. The van der Waals surface area contributed by atoms with Gasteiger partial charge in [-0.05, 0) is 37.8 Å². The van der Waals surface area contributed by atoms with E-state index < -0.39 is 5.60 Å². The van der Waals surface area contributed by atoms with Crippen molar-refractivity contribution in [3.8, 4) is 5.75 Å². The first-order chi connectivity index (χ1) is 7.98. The van der Waals surface area contributed by atoms with Crippen LogP contribution in [0, 0.1) is 6.92 Å². The zero-order valence-corrected chi connectivity index (χ0v) is 10.8. The number of carbonyl (C=O) groups is 1. The van der Waals surface area contributed by atoms with E-state index in [1.54, 1.807) is 7.11 Å². The summed E-state index contributed by atoms with van der Waals surface area (Å²) in [7, 11) is 1.66. The molecule has 1 atom stereocenters. The van der Waals surface area contributed by atoms with Crippen LogP contribution in [-0.4, -0.2) is 13.1 Å². The van der Waals surface area contributed by atoms with E-state index in [1.165, 1.54) is 12.5 Å². The van der Waals surface area contributed by atoms with Crippen LogP contribution in [0.5, 0.6) is 5.75 Å². The van der Waals surface area contributed by atoms with E-state index >= 15 is 0 Å². The fourth-order valence-corrected chi connectivity index (χ4v) is 2.70. The summed E-state index contributed by atoms with van der Waals surface area (Å²) in [4.78, 5) is 11.2. The molecule has 1 aromatic rings. The van der Waals surface area contributed by atoms with Crippen LogP contribution in [0.15, 0.2) is 12.1 Å². The highest BCUT2D eigenvalue weighted by Crippen LogP contribution is 2.46. The molecule has 0 saturated heterocycles. The van der Waals surface area contributed by atoms with Gasteiger partial charge in [-0.15, -0.1) is 0 Å². The van der Waals surface area contributed by atoms with Gasteiger partial charge in [-0.25, -0.2) is 0 Å². The van der Waals surface area contributed by atoms with Crippen molar-refractivity contribution in [2.24, 2.45) is 0 Å². The Kier molecular flexibility index (Phi) is 2.86. The number of carbonyl (C=O) groups excluding carboxylic acids is 1. The first kappa shape index (κ1) is 12.0. The van der Waals surface area contributed by atoms with Gasteiger partial charge in [-0.2, -0.15) is 0 Å². The Labute approximate surface area is 102 Å². The second kappa shape index (κ2) is 4.06. The topological polar surface area (TPSA) is 35.5 Å². The third-order valence-corrected chi connectivity index (χ3v) is 3.41. The summed E-state index contributed by atoms with van der Waals surface area (Å²) in [5.74, 6) is 0.604. The smallest absolute Gasteiger partial charge is 0.303 e. The van der Waals surface area contributed by atoms with E-state index in [4.69, 9.17) is 9.47 Å². The molecule has 0 fully saturated rings. The maximum atomic E-state index is 11.2. The van der Waals surface area contributed by atoms with Crippen molar-refractivity contribution in [1.82, 2.24) is 0 Å². The number of aryl methyl sites for hydroxylation is 2. The highest BCUT2D eigenvalue weighted by molar-refractivity contribution is 5.67. The zero-order valence-electron chi connectivity index (χ0n) is 10.8. The molecule has 0 radical (unpaired) electrons. The van der Waals surface area contributed by atoms with Crippen LogP contribution in [0.1, 0.15) is 37.0 Å². The highest BCUT2D eigenvalue weighted by Gasteiger charge is 2.40. The van der Waals surface area contributed by atoms with E-state index in [0.717, 1.165) is 29.7 Å². The maximum absolute atomic E-state index is 11.2. The maximum Gasteiger partial charge on any atom is 0.303 e. The molecule has 0 amide bonds. The molecule has 1 aliphatic rings. The van der Waals surface area contributed by atoms with Gasteiger partial charge in [0.25, 0.3) is 0 Å². The second-order valence-electron chi connectivity index (χ2n) is 4.77. The molecule has 0 heterocycles. The van der Waals surface area contributed by atoms with Crippen LogP contribution < -0.4 is 4.74 Å². The summed E-state index contributed by atoms with van der Waals surface area (Å²) in [6.07, 6.45) is 1.75. The van der Waals surface area contributed by atoms with Gasteiger partial charge < -0.3 is 9.47 Å². The highest BCUT2D eigenvalue weighted by atomic mass is 16.6. The van der Waals surface area contributed by atoms with Crippen molar-refractivity contribution in [1.29, 1.82) is 0 Å². The molecule has 3 heteroatoms. The van der Waals surface area contributed by atoms with Gasteiger partial charge in [-0.3, -0.25) is 4.79 Å². The Hall–Kier alpha value is -1.51. The van der Waals surface area contributed by atoms with E-state index in [0.29, 0.717) is 0 Å². The molecule has 92 valence electrons. The monoisotopic (exact) mass is 234 g/mol. The largest absolute Gasteiger partial charge is 0.496 e. The molecule has 2 rings (SSSR count). The van der Waals surface area contributed by atoms with Gasteiger partial charge in [0.15, 0.2) is 0 Å². The zero-order chi connectivity index (χ0) is 12.6. The van der Waals surface area contributed by atoms with E-state index in [2.05, 4.69) is 12.1 Å². The molecule has 0 aromatic heterocycles. The van der Waals surface area contributed by atoms with Gasteiger partial charge in [-0.1, -0.05) is 12.1 Å². The predicted molar refractivity (Wildman–Crippen MR) is 65.2 cm³/mol. The van der Waals surface area contributed by atoms with Crippen molar-refractivity contribution in [2.75, 3.05) is 7.11 Å². The lowest BCUT2D eigenvalue weighted by molar-refractivity contribution is -0.156. The van der Waals surface area contributed by atoms with E-state index in [-0.39, 0.29) is 5.97 Å². The van der Waals surface area contributed by atoms with E-state index in [9.17, 15) is 4.79 Å². The van der Waals surface area contributed by atoms with Crippen LogP contribution in [0.4, 0.5) is 0 Å². The summed E-state index contributed by atoms with van der Waals surface area (Å²) >= 11 is 0. The third kappa shape index (κ3) is 1.90. The Balaban J connectivity index is 2.55. The fraction of sp³-hybridized carbons (Fsp3) is 0.500. The first-order valence-corrected chi connectivity index (χ1v) is 5.84. The van der Waals surface area contributed by atoms with Crippen molar-refractivity contribution in [3.63, 3.8) is 0 Å². The van der Waals surface area contributed by atoms with Crippen molar-refractivity contribution >= 4 is 5.97 Å². The minimum Gasteiger partial charge on any atom is -0.496 e. The van der Waals surface area contributed by atoms with E-state index in [1.807, 2.05) is 13.8 Å². The average molecular weight is 234 g/mol. The van der Waals surface area contributed by atoms with Crippen molar-refractivity contribution < 1.29 is 14.3 Å². The second-order valence-corrected chi connectivity index (χ2v) is 4.77. The molecule has 17 heavy (non-hydrogen) atoms. The summed E-state index contributed by atoms with van der Waals surface area (Å²) in [6, 6.07) is 4.15. The molecule has 0 N–H and O–H groups in total. The molecule has 0 saturated carbocycles. The van der Waals surface area contributed by atoms with Gasteiger partial charge in [0.1, 0.15) is 11.4 Å². The van der Waals surface area contributed by atoms with Crippen LogP contribution in [-0.2, 0) is 21.6 Å². The lowest BCUT2D eigenvalue weighted by Crippen LogP contribution is -2.26. The predicted octanol–water partition coefficient (Wildman–Crippen LogP) is 2.73. The number of hydrogen-bond donors (Lipinski definition) is 0. The molecule has 3 nitrogen and oxygen atoms in total. The summed E-state index contributed by atoms with van der Waals surface area (Å²) < 4.78 is 11.0. The SMILES string of the molecule is COc1c(C)ccc2c1C(C)(OC(C)=O)CC2. The molecular weight excluding hydrogens is 216 g/mol. The van der Waals surface area contributed by atoms with Gasteiger partial charge in [0.2, 0.25) is 0 Å². The molecule has 1 aliphatic carbocycles. The third-order valence-electron chi connectivity index (χ3n) is 3.41. The van der Waals surface area contributed by atoms with Crippen LogP contribution >= 0.6 is 0 Å². The normalized spacial score (nSPS) is 22.1. The number of rotatable bonds is 2. The molecule has 0 aliphatic heterocycles. The molecule has 0 spiro atoms. The molecule has 1 aromatic carbocycles. The lowest BCUT2D eigenvalue weighted by Gasteiger charge is -2.27. The molecule has 0 bridgehead atoms. The van der Waals surface area contributed by atoms with Crippen LogP contribution in [0.2, 0.25) is 0 Å². The number of methoxy groups -OCH3 is 1. The van der Waals surface area contributed by atoms with Gasteiger partial charge >= 0.3 is 5.97 Å². The Morgan fingerprint density at radius 2 is 2.12 bits per heavy atom. The van der Waals surface area contributed by atoms with Crippen LogP contribution in [0.3, 0.4) is 0 Å².